The Bertz CT molecular complexity index is 1360. The van der Waals surface area contributed by atoms with Gasteiger partial charge in [0, 0.05) is 16.5 Å². The highest BCUT2D eigenvalue weighted by Crippen LogP contribution is 2.34. The largest absolute Gasteiger partial charge is 0.496 e. The molecule has 0 aliphatic heterocycles. The summed E-state index contributed by atoms with van der Waals surface area (Å²) in [5, 5.41) is 3.67. The predicted octanol–water partition coefficient (Wildman–Crippen LogP) is 5.88. The van der Waals surface area contributed by atoms with Gasteiger partial charge in [0.15, 0.2) is 23.1 Å². The van der Waals surface area contributed by atoms with E-state index in [-0.39, 0.29) is 35.2 Å². The molecule has 4 rings (SSSR count). The molecule has 1 aromatic heterocycles. The van der Waals surface area contributed by atoms with E-state index in [0.717, 1.165) is 6.07 Å². The number of nitrogens with one attached hydrogen (secondary N) is 1. The number of halogens is 2. The normalized spacial score (nSPS) is 10.8. The molecule has 0 aliphatic rings. The number of hydrogen-bond donors (Lipinski definition) is 1. The van der Waals surface area contributed by atoms with Crippen molar-refractivity contribution in [1.29, 1.82) is 0 Å². The van der Waals surface area contributed by atoms with Gasteiger partial charge < -0.3 is 19.2 Å². The summed E-state index contributed by atoms with van der Waals surface area (Å²) < 4.78 is 30.6. The second-order valence-corrected chi connectivity index (χ2v) is 7.96. The smallest absolute Gasteiger partial charge is 0.230 e. The van der Waals surface area contributed by atoms with E-state index in [1.54, 1.807) is 36.4 Å². The number of Topliss-reactive ketones (excluding diaryl/α,β-unsaturated/α-hetero) is 1. The number of methoxy groups -OCH3 is 2. The third-order valence-corrected chi connectivity index (χ3v) is 5.73. The van der Waals surface area contributed by atoms with Crippen LogP contribution in [0.15, 0.2) is 69.6 Å². The highest BCUT2D eigenvalue weighted by Gasteiger charge is 2.23. The molecule has 0 spiro atoms. The number of anilines is 1. The molecule has 0 radical (unpaired) electrons. The maximum atomic E-state index is 14.0. The minimum absolute atomic E-state index is 0.0545. The molecule has 4 aromatic rings. The predicted molar refractivity (Wildman–Crippen MR) is 126 cm³/mol. The highest BCUT2D eigenvalue weighted by atomic mass is 79.9. The van der Waals surface area contributed by atoms with Gasteiger partial charge in [-0.2, -0.15) is 0 Å². The maximum absolute atomic E-state index is 14.0. The van der Waals surface area contributed by atoms with Crippen molar-refractivity contribution in [3.63, 3.8) is 0 Å². The summed E-state index contributed by atoms with van der Waals surface area (Å²) in [4.78, 5) is 26.0. The molecule has 33 heavy (non-hydrogen) atoms. The second kappa shape index (κ2) is 9.46. The molecule has 1 heterocycles. The van der Waals surface area contributed by atoms with Crippen LogP contribution in [0.25, 0.3) is 11.0 Å². The van der Waals surface area contributed by atoms with E-state index in [2.05, 4.69) is 21.2 Å². The molecule has 0 fully saturated rings. The maximum Gasteiger partial charge on any atom is 0.230 e. The summed E-state index contributed by atoms with van der Waals surface area (Å²) in [6, 6.07) is 16.1. The van der Waals surface area contributed by atoms with Crippen molar-refractivity contribution >= 4 is 44.2 Å². The van der Waals surface area contributed by atoms with Crippen molar-refractivity contribution in [3.05, 3.63) is 87.8 Å². The number of ether oxygens (including phenoxy) is 2. The molecule has 0 amide bonds. The van der Waals surface area contributed by atoms with Crippen LogP contribution in [0.4, 0.5) is 10.1 Å². The molecule has 1 N–H and O–H groups in total. The lowest BCUT2D eigenvalue weighted by Gasteiger charge is -2.09. The molecule has 0 bridgehead atoms. The van der Waals surface area contributed by atoms with Crippen LogP contribution in [-0.2, 0) is 0 Å². The summed E-state index contributed by atoms with van der Waals surface area (Å²) >= 11 is 3.39. The van der Waals surface area contributed by atoms with Crippen LogP contribution in [0, 0.1) is 5.82 Å². The molecule has 3 aromatic carbocycles. The number of furan rings is 1. The fourth-order valence-electron chi connectivity index (χ4n) is 3.43. The van der Waals surface area contributed by atoms with Gasteiger partial charge in [0.1, 0.15) is 11.3 Å². The lowest BCUT2D eigenvalue weighted by Crippen LogP contribution is -2.16. The Morgan fingerprint density at radius 1 is 0.970 bits per heavy atom. The summed E-state index contributed by atoms with van der Waals surface area (Å²) in [6.45, 7) is -0.165. The third kappa shape index (κ3) is 4.47. The molecular formula is C25H19BrFNO5. The van der Waals surface area contributed by atoms with Crippen LogP contribution in [0.5, 0.6) is 11.5 Å². The first-order valence-corrected chi connectivity index (χ1v) is 10.7. The van der Waals surface area contributed by atoms with E-state index in [9.17, 15) is 14.0 Å². The first kappa shape index (κ1) is 22.5. The number of carbonyl (C=O) groups excluding carboxylic acids is 2. The fourth-order valence-corrected chi connectivity index (χ4v) is 3.97. The van der Waals surface area contributed by atoms with Gasteiger partial charge in [-0.1, -0.05) is 12.1 Å². The molecular weight excluding hydrogens is 493 g/mol. The van der Waals surface area contributed by atoms with Crippen LogP contribution in [-0.4, -0.2) is 32.3 Å². The number of benzene rings is 3. The summed E-state index contributed by atoms with van der Waals surface area (Å²) in [7, 11) is 2.89. The first-order valence-electron chi connectivity index (χ1n) is 9.93. The lowest BCUT2D eigenvalue weighted by atomic mass is 10.1. The Morgan fingerprint density at radius 3 is 2.36 bits per heavy atom. The Kier molecular flexibility index (Phi) is 6.46. The standard InChI is InChI=1S/C25H19BrFNO5/c1-31-21-9-8-15(11-17(21)26)24(30)25-23(16-5-3-4-6-20(16)33-25)28-13-19(29)14-7-10-22(32-2)18(27)12-14/h3-12,28H,13H2,1-2H3. The second-order valence-electron chi connectivity index (χ2n) is 7.11. The van der Waals surface area contributed by atoms with Crippen molar-refractivity contribution in [2.45, 2.75) is 0 Å². The van der Waals surface area contributed by atoms with Gasteiger partial charge in [-0.25, -0.2) is 4.39 Å². The lowest BCUT2D eigenvalue weighted by molar-refractivity contribution is 0.0997. The van der Waals surface area contributed by atoms with Crippen molar-refractivity contribution < 1.29 is 27.9 Å². The fraction of sp³-hybridized carbons (Fsp3) is 0.120. The van der Waals surface area contributed by atoms with E-state index in [1.807, 2.05) is 6.07 Å². The van der Waals surface area contributed by atoms with Gasteiger partial charge in [0.25, 0.3) is 0 Å². The monoisotopic (exact) mass is 511 g/mol. The Morgan fingerprint density at radius 2 is 1.67 bits per heavy atom. The van der Waals surface area contributed by atoms with Crippen LogP contribution < -0.4 is 14.8 Å². The van der Waals surface area contributed by atoms with Crippen LogP contribution in [0.2, 0.25) is 0 Å². The van der Waals surface area contributed by atoms with Crippen LogP contribution in [0.3, 0.4) is 0 Å². The summed E-state index contributed by atoms with van der Waals surface area (Å²) in [6.07, 6.45) is 0. The van der Waals surface area contributed by atoms with E-state index < -0.39 is 5.82 Å². The highest BCUT2D eigenvalue weighted by molar-refractivity contribution is 9.10. The zero-order chi connectivity index (χ0) is 23.5. The zero-order valence-electron chi connectivity index (χ0n) is 17.8. The summed E-state index contributed by atoms with van der Waals surface area (Å²) in [5.41, 5.74) is 1.46. The van der Waals surface area contributed by atoms with E-state index in [4.69, 9.17) is 13.9 Å². The Hall–Kier alpha value is -3.65. The van der Waals surface area contributed by atoms with Crippen molar-refractivity contribution in [2.75, 3.05) is 26.1 Å². The SMILES string of the molecule is COc1ccc(C(=O)CNc2c(C(=O)c3ccc(OC)c(Br)c3)oc3ccccc23)cc1F. The Balaban J connectivity index is 1.65. The van der Waals surface area contributed by atoms with Gasteiger partial charge >= 0.3 is 0 Å². The van der Waals surface area contributed by atoms with Crippen molar-refractivity contribution in [2.24, 2.45) is 0 Å². The molecule has 0 atom stereocenters. The molecule has 0 saturated heterocycles. The van der Waals surface area contributed by atoms with E-state index >= 15 is 0 Å². The number of ketones is 2. The van der Waals surface area contributed by atoms with Gasteiger partial charge in [0.05, 0.1) is 30.9 Å². The van der Waals surface area contributed by atoms with Crippen LogP contribution >= 0.6 is 15.9 Å². The van der Waals surface area contributed by atoms with Gasteiger partial charge in [0.2, 0.25) is 5.78 Å². The number of hydrogen-bond acceptors (Lipinski definition) is 6. The van der Waals surface area contributed by atoms with Gasteiger partial charge in [-0.05, 0) is 64.5 Å². The summed E-state index contributed by atoms with van der Waals surface area (Å²) in [5.74, 6) is -0.627. The molecule has 8 heteroatoms. The average Bonchev–Trinajstić information content (AvgIpc) is 3.20. The number of fused-ring (bicyclic) bond motifs is 1. The van der Waals surface area contributed by atoms with Crippen molar-refractivity contribution in [1.82, 2.24) is 0 Å². The van der Waals surface area contributed by atoms with Crippen molar-refractivity contribution in [3.8, 4) is 11.5 Å². The molecule has 6 nitrogen and oxygen atoms in total. The zero-order valence-corrected chi connectivity index (χ0v) is 19.4. The minimum Gasteiger partial charge on any atom is -0.496 e. The molecule has 0 saturated carbocycles. The van der Waals surface area contributed by atoms with Gasteiger partial charge in [-0.3, -0.25) is 9.59 Å². The quantitative estimate of drug-likeness (QED) is 0.297. The Labute approximate surface area is 197 Å². The topological polar surface area (TPSA) is 77.8 Å². The molecule has 168 valence electrons. The van der Waals surface area contributed by atoms with E-state index in [1.165, 1.54) is 26.4 Å². The van der Waals surface area contributed by atoms with Gasteiger partial charge in [-0.15, -0.1) is 0 Å². The van der Waals surface area contributed by atoms with E-state index in [0.29, 0.717) is 32.4 Å². The average molecular weight is 512 g/mol. The van der Waals surface area contributed by atoms with Crippen LogP contribution in [0.1, 0.15) is 26.5 Å². The number of para-hydroxylation sites is 1. The molecule has 0 unspecified atom stereocenters. The minimum atomic E-state index is -0.627. The number of carbonyl (C=O) groups is 2. The third-order valence-electron chi connectivity index (χ3n) is 5.12. The number of rotatable bonds is 8. The molecule has 0 aliphatic carbocycles. The first-order chi connectivity index (χ1) is 15.9.